The first-order valence-corrected chi connectivity index (χ1v) is 7.42. The quantitative estimate of drug-likeness (QED) is 0.634. The van der Waals surface area contributed by atoms with Gasteiger partial charge < -0.3 is 14.2 Å². The molecule has 3 aromatic heterocycles. The van der Waals surface area contributed by atoms with Gasteiger partial charge in [0.2, 0.25) is 11.5 Å². The molecule has 0 spiro atoms. The molecule has 3 rings (SSSR count). The summed E-state index contributed by atoms with van der Waals surface area (Å²) in [4.78, 5) is 6.36. The molecule has 0 N–H and O–H groups in total. The Morgan fingerprint density at radius 1 is 1.39 bits per heavy atom. The van der Waals surface area contributed by atoms with E-state index < -0.39 is 0 Å². The largest absolute Gasteiger partial charge is 0.384 e. The molecular weight excluding hydrogens is 298 g/mol. The summed E-state index contributed by atoms with van der Waals surface area (Å²) < 4.78 is 12.0. The number of nitrogens with zero attached hydrogens (tertiary/aromatic N) is 7. The molecule has 122 valence electrons. The van der Waals surface area contributed by atoms with Gasteiger partial charge in [-0.2, -0.15) is 14.6 Å². The number of hydrogen-bond donors (Lipinski definition) is 0. The van der Waals surface area contributed by atoms with Crippen LogP contribution in [0.15, 0.2) is 16.9 Å². The van der Waals surface area contributed by atoms with Crippen LogP contribution in [-0.2, 0) is 24.1 Å². The second-order valence-corrected chi connectivity index (χ2v) is 5.18. The SMILES string of the molecule is CCc1cc(N(C)Cc2nc(CCOC)no2)c2nncn2n1. The van der Waals surface area contributed by atoms with Crippen LogP contribution in [0, 0.1) is 0 Å². The second kappa shape index (κ2) is 6.69. The van der Waals surface area contributed by atoms with E-state index in [0.717, 1.165) is 17.8 Å². The first-order valence-electron chi connectivity index (χ1n) is 7.42. The molecule has 0 bridgehead atoms. The number of hydrogen-bond acceptors (Lipinski definition) is 8. The summed E-state index contributed by atoms with van der Waals surface area (Å²) in [5, 5.41) is 16.4. The summed E-state index contributed by atoms with van der Waals surface area (Å²) in [6.45, 7) is 3.11. The lowest BCUT2D eigenvalue weighted by Gasteiger charge is -2.17. The van der Waals surface area contributed by atoms with E-state index >= 15 is 0 Å². The van der Waals surface area contributed by atoms with Crippen molar-refractivity contribution in [2.75, 3.05) is 25.7 Å². The maximum Gasteiger partial charge on any atom is 0.246 e. The molecule has 0 aliphatic rings. The third-order valence-corrected chi connectivity index (χ3v) is 3.48. The van der Waals surface area contributed by atoms with Crippen molar-refractivity contribution in [1.82, 2.24) is 30.0 Å². The highest BCUT2D eigenvalue weighted by molar-refractivity contribution is 5.67. The number of rotatable bonds is 7. The van der Waals surface area contributed by atoms with Gasteiger partial charge in [0, 0.05) is 20.6 Å². The number of anilines is 1. The van der Waals surface area contributed by atoms with Gasteiger partial charge in [-0.05, 0) is 12.5 Å². The monoisotopic (exact) mass is 317 g/mol. The van der Waals surface area contributed by atoms with E-state index in [-0.39, 0.29) is 0 Å². The van der Waals surface area contributed by atoms with Crippen LogP contribution in [0.4, 0.5) is 5.69 Å². The van der Waals surface area contributed by atoms with Gasteiger partial charge in [0.1, 0.15) is 6.33 Å². The average molecular weight is 317 g/mol. The molecule has 23 heavy (non-hydrogen) atoms. The third-order valence-electron chi connectivity index (χ3n) is 3.48. The number of fused-ring (bicyclic) bond motifs is 1. The predicted octanol–water partition coefficient (Wildman–Crippen LogP) is 0.895. The minimum absolute atomic E-state index is 0.482. The van der Waals surface area contributed by atoms with Crippen LogP contribution < -0.4 is 4.90 Å². The molecule has 0 saturated carbocycles. The fourth-order valence-electron chi connectivity index (χ4n) is 2.25. The topological polar surface area (TPSA) is 94.5 Å². The normalized spacial score (nSPS) is 11.3. The Morgan fingerprint density at radius 2 is 2.26 bits per heavy atom. The van der Waals surface area contributed by atoms with Crippen molar-refractivity contribution in [1.29, 1.82) is 0 Å². The maximum atomic E-state index is 5.29. The summed E-state index contributed by atoms with van der Waals surface area (Å²) in [5.74, 6) is 1.19. The van der Waals surface area contributed by atoms with E-state index in [4.69, 9.17) is 9.26 Å². The molecule has 0 amide bonds. The molecule has 0 aromatic carbocycles. The highest BCUT2D eigenvalue weighted by Gasteiger charge is 2.15. The lowest BCUT2D eigenvalue weighted by molar-refractivity contribution is 0.199. The summed E-state index contributed by atoms with van der Waals surface area (Å²) in [6.07, 6.45) is 3.06. The minimum atomic E-state index is 0.482. The second-order valence-electron chi connectivity index (χ2n) is 5.18. The molecule has 0 aliphatic heterocycles. The van der Waals surface area contributed by atoms with Gasteiger partial charge >= 0.3 is 0 Å². The van der Waals surface area contributed by atoms with Crippen LogP contribution in [0.25, 0.3) is 5.65 Å². The molecular formula is C14H19N7O2. The van der Waals surface area contributed by atoms with Crippen LogP contribution in [0.1, 0.15) is 24.3 Å². The molecule has 9 nitrogen and oxygen atoms in total. The Bertz CT molecular complexity index is 782. The zero-order valence-electron chi connectivity index (χ0n) is 13.4. The van der Waals surface area contributed by atoms with Crippen molar-refractivity contribution >= 4 is 11.3 Å². The van der Waals surface area contributed by atoms with Crippen molar-refractivity contribution < 1.29 is 9.26 Å². The van der Waals surface area contributed by atoms with E-state index in [1.807, 2.05) is 18.0 Å². The van der Waals surface area contributed by atoms with Crippen molar-refractivity contribution in [3.05, 3.63) is 29.8 Å². The molecule has 3 heterocycles. The van der Waals surface area contributed by atoms with E-state index in [2.05, 4.69) is 32.4 Å². The highest BCUT2D eigenvalue weighted by Crippen LogP contribution is 2.21. The Hall–Kier alpha value is -2.55. The standard InChI is InChI=1S/C14H19N7O2/c1-4-10-7-11(14-17-15-9-21(14)18-10)20(2)8-13-16-12(19-23-13)5-6-22-3/h7,9H,4-6,8H2,1-3H3. The maximum absolute atomic E-state index is 5.29. The molecule has 0 atom stereocenters. The zero-order chi connectivity index (χ0) is 16.2. The van der Waals surface area contributed by atoms with Gasteiger partial charge in [-0.15, -0.1) is 10.2 Å². The molecule has 0 saturated heterocycles. The summed E-state index contributed by atoms with van der Waals surface area (Å²) >= 11 is 0. The lowest BCUT2D eigenvalue weighted by atomic mass is 10.2. The number of aromatic nitrogens is 6. The van der Waals surface area contributed by atoms with Crippen molar-refractivity contribution in [2.24, 2.45) is 0 Å². The summed E-state index contributed by atoms with van der Waals surface area (Å²) in [5.41, 5.74) is 2.58. The van der Waals surface area contributed by atoms with Crippen LogP contribution in [0.5, 0.6) is 0 Å². The van der Waals surface area contributed by atoms with E-state index in [1.54, 1.807) is 18.0 Å². The van der Waals surface area contributed by atoms with Crippen LogP contribution >= 0.6 is 0 Å². The van der Waals surface area contributed by atoms with Gasteiger partial charge in [0.25, 0.3) is 0 Å². The summed E-state index contributed by atoms with van der Waals surface area (Å²) in [7, 11) is 3.59. The third kappa shape index (κ3) is 3.29. The molecule has 9 heteroatoms. The minimum Gasteiger partial charge on any atom is -0.384 e. The van der Waals surface area contributed by atoms with E-state index in [0.29, 0.717) is 36.9 Å². The predicted molar refractivity (Wildman–Crippen MR) is 82.1 cm³/mol. The summed E-state index contributed by atoms with van der Waals surface area (Å²) in [6, 6.07) is 2.01. The smallest absolute Gasteiger partial charge is 0.246 e. The molecule has 0 radical (unpaired) electrons. The molecule has 0 fully saturated rings. The lowest BCUT2D eigenvalue weighted by Crippen LogP contribution is -2.18. The molecule has 0 aliphatic carbocycles. The number of aryl methyl sites for hydroxylation is 1. The number of ether oxygens (including phenoxy) is 1. The van der Waals surface area contributed by atoms with Gasteiger partial charge in [-0.1, -0.05) is 12.1 Å². The van der Waals surface area contributed by atoms with Crippen LogP contribution in [-0.4, -0.2) is 50.7 Å². The van der Waals surface area contributed by atoms with Crippen molar-refractivity contribution in [3.8, 4) is 0 Å². The van der Waals surface area contributed by atoms with Gasteiger partial charge in [0.15, 0.2) is 5.82 Å². The fraction of sp³-hybridized carbons (Fsp3) is 0.500. The molecule has 3 aromatic rings. The first kappa shape index (κ1) is 15.3. The van der Waals surface area contributed by atoms with Crippen LogP contribution in [0.2, 0.25) is 0 Å². The Morgan fingerprint density at radius 3 is 3.04 bits per heavy atom. The van der Waals surface area contributed by atoms with Crippen LogP contribution in [0.3, 0.4) is 0 Å². The fourth-order valence-corrected chi connectivity index (χ4v) is 2.25. The number of methoxy groups -OCH3 is 1. The van der Waals surface area contributed by atoms with E-state index in [1.165, 1.54) is 0 Å². The Kier molecular flexibility index (Phi) is 4.47. The van der Waals surface area contributed by atoms with Gasteiger partial charge in [-0.3, -0.25) is 0 Å². The zero-order valence-corrected chi connectivity index (χ0v) is 13.4. The van der Waals surface area contributed by atoms with Gasteiger partial charge in [-0.25, -0.2) is 0 Å². The van der Waals surface area contributed by atoms with E-state index in [9.17, 15) is 0 Å². The highest BCUT2D eigenvalue weighted by atomic mass is 16.5. The van der Waals surface area contributed by atoms with Gasteiger partial charge in [0.05, 0.1) is 24.5 Å². The molecule has 0 unspecified atom stereocenters. The Labute approximate surface area is 133 Å². The first-order chi connectivity index (χ1) is 11.2. The van der Waals surface area contributed by atoms with Crippen molar-refractivity contribution in [2.45, 2.75) is 26.3 Å². The Balaban J connectivity index is 1.81. The average Bonchev–Trinajstić information content (AvgIpc) is 3.20. The van der Waals surface area contributed by atoms with Crippen molar-refractivity contribution in [3.63, 3.8) is 0 Å².